The second-order valence-electron chi connectivity index (χ2n) is 6.04. The summed E-state index contributed by atoms with van der Waals surface area (Å²) in [5, 5.41) is 0.777. The van der Waals surface area contributed by atoms with E-state index in [0.29, 0.717) is 0 Å². The van der Waals surface area contributed by atoms with Crippen molar-refractivity contribution in [1.82, 2.24) is 4.90 Å². The predicted octanol–water partition coefficient (Wildman–Crippen LogP) is 4.44. The van der Waals surface area contributed by atoms with Gasteiger partial charge in [-0.15, -0.1) is 0 Å². The van der Waals surface area contributed by atoms with Crippen LogP contribution in [0.25, 0.3) is 0 Å². The fraction of sp³-hybridized carbons (Fsp3) is 0.368. The highest BCUT2D eigenvalue weighted by Gasteiger charge is 2.19. The molecule has 0 amide bonds. The van der Waals surface area contributed by atoms with Crippen molar-refractivity contribution in [2.24, 2.45) is 0 Å². The van der Waals surface area contributed by atoms with Gasteiger partial charge in [0.1, 0.15) is 11.5 Å². The average Bonchev–Trinajstić information content (AvgIpc) is 2.63. The normalized spacial score (nSPS) is 15.3. The number of methoxy groups -OCH3 is 2. The molecule has 6 heteroatoms. The molecular formula is C19H22BrClN2O2. The van der Waals surface area contributed by atoms with E-state index in [9.17, 15) is 0 Å². The number of halogens is 2. The number of piperazine rings is 1. The Bertz CT molecular complexity index is 716. The summed E-state index contributed by atoms with van der Waals surface area (Å²) >= 11 is 9.54. The third-order valence-corrected chi connectivity index (χ3v) is 5.38. The Morgan fingerprint density at radius 2 is 1.60 bits per heavy atom. The zero-order valence-corrected chi connectivity index (χ0v) is 16.8. The Morgan fingerprint density at radius 3 is 2.20 bits per heavy atom. The van der Waals surface area contributed by atoms with Crippen LogP contribution < -0.4 is 14.4 Å². The van der Waals surface area contributed by atoms with Crippen LogP contribution in [0.1, 0.15) is 5.56 Å². The number of benzene rings is 2. The first-order valence-corrected chi connectivity index (χ1v) is 9.41. The fourth-order valence-electron chi connectivity index (χ4n) is 3.10. The van der Waals surface area contributed by atoms with E-state index < -0.39 is 0 Å². The molecule has 2 aromatic carbocycles. The molecule has 0 N–H and O–H groups in total. The van der Waals surface area contributed by atoms with Crippen molar-refractivity contribution in [1.29, 1.82) is 0 Å². The lowest BCUT2D eigenvalue weighted by atomic mass is 10.1. The lowest BCUT2D eigenvalue weighted by Crippen LogP contribution is -2.46. The Balaban J connectivity index is 1.64. The van der Waals surface area contributed by atoms with E-state index in [0.717, 1.165) is 59.3 Å². The van der Waals surface area contributed by atoms with E-state index in [1.165, 1.54) is 5.69 Å². The molecule has 4 nitrogen and oxygen atoms in total. The van der Waals surface area contributed by atoms with Gasteiger partial charge in [-0.25, -0.2) is 0 Å². The maximum absolute atomic E-state index is 5.98. The molecule has 0 atom stereocenters. The second kappa shape index (κ2) is 8.30. The van der Waals surface area contributed by atoms with Gasteiger partial charge >= 0.3 is 0 Å². The third-order valence-electron chi connectivity index (χ3n) is 4.51. The smallest absolute Gasteiger partial charge is 0.136 e. The molecule has 3 rings (SSSR count). The van der Waals surface area contributed by atoms with Gasteiger partial charge in [-0.05, 0) is 46.3 Å². The van der Waals surface area contributed by atoms with Crippen LogP contribution in [0.15, 0.2) is 40.9 Å². The van der Waals surface area contributed by atoms with Crippen LogP contribution in [0, 0.1) is 0 Å². The van der Waals surface area contributed by atoms with Crippen molar-refractivity contribution in [3.63, 3.8) is 0 Å². The van der Waals surface area contributed by atoms with Crippen LogP contribution >= 0.6 is 27.5 Å². The van der Waals surface area contributed by atoms with E-state index in [-0.39, 0.29) is 0 Å². The first kappa shape index (κ1) is 18.4. The highest BCUT2D eigenvalue weighted by molar-refractivity contribution is 9.10. The van der Waals surface area contributed by atoms with Crippen LogP contribution in [-0.2, 0) is 6.54 Å². The number of hydrogen-bond donors (Lipinski definition) is 0. The summed E-state index contributed by atoms with van der Waals surface area (Å²) in [7, 11) is 3.36. The lowest BCUT2D eigenvalue weighted by molar-refractivity contribution is 0.246. The van der Waals surface area contributed by atoms with Crippen LogP contribution in [0.5, 0.6) is 11.5 Å². The van der Waals surface area contributed by atoms with E-state index in [2.05, 4.69) is 43.9 Å². The van der Waals surface area contributed by atoms with E-state index in [4.69, 9.17) is 21.1 Å². The largest absolute Gasteiger partial charge is 0.496 e. The van der Waals surface area contributed by atoms with Crippen molar-refractivity contribution >= 4 is 33.2 Å². The van der Waals surface area contributed by atoms with Crippen molar-refractivity contribution in [2.45, 2.75) is 6.54 Å². The standard InChI is InChI=1S/C19H22BrClN2O2/c1-24-18-12-19(25-2)17(20)11-14(18)13-22-7-9-23(10-8-22)16-5-3-15(21)4-6-16/h3-6,11-12H,7-10,13H2,1-2H3. The Hall–Kier alpha value is -1.43. The van der Waals surface area contributed by atoms with Crippen molar-refractivity contribution < 1.29 is 9.47 Å². The number of ether oxygens (including phenoxy) is 2. The maximum atomic E-state index is 5.98. The minimum Gasteiger partial charge on any atom is -0.496 e. The second-order valence-corrected chi connectivity index (χ2v) is 7.33. The summed E-state index contributed by atoms with van der Waals surface area (Å²) in [6.45, 7) is 4.88. The van der Waals surface area contributed by atoms with Gasteiger partial charge in [0.25, 0.3) is 0 Å². The third kappa shape index (κ3) is 4.40. The highest BCUT2D eigenvalue weighted by atomic mass is 79.9. The zero-order valence-electron chi connectivity index (χ0n) is 14.5. The van der Waals surface area contributed by atoms with Gasteiger partial charge in [-0.1, -0.05) is 11.6 Å². The molecule has 1 saturated heterocycles. The first-order valence-electron chi connectivity index (χ1n) is 8.24. The minimum atomic E-state index is 0.777. The molecule has 25 heavy (non-hydrogen) atoms. The predicted molar refractivity (Wildman–Crippen MR) is 106 cm³/mol. The van der Waals surface area contributed by atoms with E-state index in [1.807, 2.05) is 18.2 Å². The van der Waals surface area contributed by atoms with Crippen molar-refractivity contribution in [3.05, 3.63) is 51.5 Å². The fourth-order valence-corrected chi connectivity index (χ4v) is 3.78. The number of hydrogen-bond acceptors (Lipinski definition) is 4. The van der Waals surface area contributed by atoms with Crippen LogP contribution in [0.4, 0.5) is 5.69 Å². The van der Waals surface area contributed by atoms with Gasteiger partial charge in [0, 0.05) is 55.1 Å². The van der Waals surface area contributed by atoms with Gasteiger partial charge in [0.2, 0.25) is 0 Å². The molecule has 0 radical (unpaired) electrons. The molecule has 1 fully saturated rings. The van der Waals surface area contributed by atoms with E-state index in [1.54, 1.807) is 14.2 Å². The average molecular weight is 426 g/mol. The Labute approximate surface area is 162 Å². The lowest BCUT2D eigenvalue weighted by Gasteiger charge is -2.36. The molecule has 1 heterocycles. The molecular weight excluding hydrogens is 404 g/mol. The minimum absolute atomic E-state index is 0.777. The summed E-state index contributed by atoms with van der Waals surface area (Å²) in [5.74, 6) is 1.65. The summed E-state index contributed by atoms with van der Waals surface area (Å²) in [6.07, 6.45) is 0. The van der Waals surface area contributed by atoms with Crippen molar-refractivity contribution in [3.8, 4) is 11.5 Å². The molecule has 0 saturated carbocycles. The summed E-state index contributed by atoms with van der Waals surface area (Å²) < 4.78 is 11.8. The van der Waals surface area contributed by atoms with E-state index >= 15 is 0 Å². The molecule has 134 valence electrons. The maximum Gasteiger partial charge on any atom is 0.136 e. The summed E-state index contributed by atoms with van der Waals surface area (Å²) in [6, 6.07) is 12.1. The van der Waals surface area contributed by atoms with Gasteiger partial charge < -0.3 is 14.4 Å². The molecule has 2 aromatic rings. The summed E-state index contributed by atoms with van der Waals surface area (Å²) in [4.78, 5) is 4.84. The van der Waals surface area contributed by atoms with Gasteiger partial charge in [0.05, 0.1) is 18.7 Å². The summed E-state index contributed by atoms with van der Waals surface area (Å²) in [5.41, 5.74) is 2.39. The molecule has 0 bridgehead atoms. The molecule has 0 unspecified atom stereocenters. The van der Waals surface area contributed by atoms with Gasteiger partial charge in [-0.3, -0.25) is 4.90 Å². The Morgan fingerprint density at radius 1 is 0.960 bits per heavy atom. The van der Waals surface area contributed by atoms with Gasteiger partial charge in [-0.2, -0.15) is 0 Å². The molecule has 0 aliphatic carbocycles. The highest BCUT2D eigenvalue weighted by Crippen LogP contribution is 2.33. The van der Waals surface area contributed by atoms with Crippen LogP contribution in [0.2, 0.25) is 5.02 Å². The number of rotatable bonds is 5. The molecule has 1 aliphatic rings. The zero-order chi connectivity index (χ0) is 17.8. The van der Waals surface area contributed by atoms with Crippen LogP contribution in [-0.4, -0.2) is 45.3 Å². The topological polar surface area (TPSA) is 24.9 Å². The number of nitrogens with zero attached hydrogens (tertiary/aromatic N) is 2. The monoisotopic (exact) mass is 424 g/mol. The molecule has 0 aromatic heterocycles. The number of anilines is 1. The first-order chi connectivity index (χ1) is 12.1. The Kier molecular flexibility index (Phi) is 6.10. The quantitative estimate of drug-likeness (QED) is 0.707. The molecule has 1 aliphatic heterocycles. The molecule has 0 spiro atoms. The SMILES string of the molecule is COc1cc(OC)c(CN2CCN(c3ccc(Cl)cc3)CC2)cc1Br. The van der Waals surface area contributed by atoms with Crippen LogP contribution in [0.3, 0.4) is 0 Å². The van der Waals surface area contributed by atoms with Gasteiger partial charge in [0.15, 0.2) is 0 Å². The van der Waals surface area contributed by atoms with Crippen molar-refractivity contribution in [2.75, 3.05) is 45.3 Å².